The van der Waals surface area contributed by atoms with Crippen LogP contribution in [0.15, 0.2) is 18.2 Å². The van der Waals surface area contributed by atoms with E-state index in [0.717, 1.165) is 25.1 Å². The first-order valence-corrected chi connectivity index (χ1v) is 5.61. The normalized spacial score (nSPS) is 19.6. The molecule has 0 aromatic heterocycles. The van der Waals surface area contributed by atoms with Crippen LogP contribution in [0.1, 0.15) is 23.1 Å². The fourth-order valence-corrected chi connectivity index (χ4v) is 1.91. The molecule has 1 atom stereocenters. The van der Waals surface area contributed by atoms with Crippen molar-refractivity contribution in [3.63, 3.8) is 0 Å². The van der Waals surface area contributed by atoms with Gasteiger partial charge in [-0.05, 0) is 43.1 Å². The molecule has 1 fully saturated rings. The highest BCUT2D eigenvalue weighted by atomic mass is 16.5. The maximum atomic E-state index is 8.77. The van der Waals surface area contributed by atoms with Gasteiger partial charge in [-0.15, -0.1) is 0 Å². The lowest BCUT2D eigenvalue weighted by Crippen LogP contribution is -2.16. The second-order valence-electron chi connectivity index (χ2n) is 4.18. The van der Waals surface area contributed by atoms with Gasteiger partial charge in [-0.3, -0.25) is 0 Å². The van der Waals surface area contributed by atoms with E-state index in [9.17, 15) is 0 Å². The van der Waals surface area contributed by atoms with Crippen LogP contribution in [0.5, 0.6) is 0 Å². The average Bonchev–Trinajstić information content (AvgIpc) is 2.80. The zero-order valence-electron chi connectivity index (χ0n) is 9.49. The molecule has 1 heterocycles. The third-order valence-corrected chi connectivity index (χ3v) is 2.96. The predicted molar refractivity (Wildman–Crippen MR) is 62.0 cm³/mol. The van der Waals surface area contributed by atoms with E-state index in [1.165, 1.54) is 5.56 Å². The van der Waals surface area contributed by atoms with E-state index < -0.39 is 0 Å². The van der Waals surface area contributed by atoms with Crippen LogP contribution in [0.3, 0.4) is 0 Å². The molecule has 3 nitrogen and oxygen atoms in total. The Morgan fingerprint density at radius 2 is 2.44 bits per heavy atom. The van der Waals surface area contributed by atoms with Gasteiger partial charge in [0.15, 0.2) is 0 Å². The molecule has 0 amide bonds. The Bertz CT molecular complexity index is 403. The Balaban J connectivity index is 1.96. The number of hydrogen-bond acceptors (Lipinski definition) is 3. The molecule has 2 rings (SSSR count). The van der Waals surface area contributed by atoms with Crippen molar-refractivity contribution in [2.75, 3.05) is 13.1 Å². The van der Waals surface area contributed by atoms with E-state index in [0.29, 0.717) is 18.3 Å². The standard InChI is InChI=1S/C13H16N2O/c1-10-6-11(7-14)2-3-12(10)9-16-13-4-5-15-8-13/h2-3,6,13,15H,4-5,8-9H2,1H3. The van der Waals surface area contributed by atoms with Crippen molar-refractivity contribution in [1.29, 1.82) is 5.26 Å². The van der Waals surface area contributed by atoms with Crippen LogP contribution >= 0.6 is 0 Å². The molecule has 0 saturated carbocycles. The van der Waals surface area contributed by atoms with Crippen molar-refractivity contribution in [2.45, 2.75) is 26.1 Å². The van der Waals surface area contributed by atoms with Gasteiger partial charge in [-0.1, -0.05) is 6.07 Å². The summed E-state index contributed by atoms with van der Waals surface area (Å²) >= 11 is 0. The van der Waals surface area contributed by atoms with Crippen LogP contribution < -0.4 is 5.32 Å². The Hall–Kier alpha value is -1.37. The van der Waals surface area contributed by atoms with Gasteiger partial charge in [0.2, 0.25) is 0 Å². The number of nitrogens with zero attached hydrogens (tertiary/aromatic N) is 1. The zero-order chi connectivity index (χ0) is 11.4. The first-order chi connectivity index (χ1) is 7.79. The van der Waals surface area contributed by atoms with Gasteiger partial charge in [0, 0.05) is 6.54 Å². The third-order valence-electron chi connectivity index (χ3n) is 2.96. The maximum Gasteiger partial charge on any atom is 0.0991 e. The van der Waals surface area contributed by atoms with Crippen molar-refractivity contribution in [1.82, 2.24) is 5.32 Å². The van der Waals surface area contributed by atoms with E-state index in [4.69, 9.17) is 10.00 Å². The number of rotatable bonds is 3. The first kappa shape index (κ1) is 11.1. The van der Waals surface area contributed by atoms with E-state index in [-0.39, 0.29) is 0 Å². The van der Waals surface area contributed by atoms with Gasteiger partial charge in [0.05, 0.1) is 24.3 Å². The summed E-state index contributed by atoms with van der Waals surface area (Å²) < 4.78 is 5.80. The zero-order valence-corrected chi connectivity index (χ0v) is 9.49. The van der Waals surface area contributed by atoms with Crippen molar-refractivity contribution in [3.8, 4) is 6.07 Å². The number of nitriles is 1. The molecule has 16 heavy (non-hydrogen) atoms. The van der Waals surface area contributed by atoms with Gasteiger partial charge in [-0.2, -0.15) is 5.26 Å². The SMILES string of the molecule is Cc1cc(C#N)ccc1COC1CCNC1. The number of aryl methyl sites for hydroxylation is 1. The first-order valence-electron chi connectivity index (χ1n) is 5.61. The van der Waals surface area contributed by atoms with Gasteiger partial charge in [-0.25, -0.2) is 0 Å². The lowest BCUT2D eigenvalue weighted by molar-refractivity contribution is 0.0539. The Kier molecular flexibility index (Phi) is 3.55. The molecule has 1 saturated heterocycles. The molecule has 0 aliphatic carbocycles. The summed E-state index contributed by atoms with van der Waals surface area (Å²) in [5.74, 6) is 0. The molecule has 0 spiro atoms. The summed E-state index contributed by atoms with van der Waals surface area (Å²) in [6, 6.07) is 7.88. The molecular weight excluding hydrogens is 200 g/mol. The average molecular weight is 216 g/mol. The molecule has 1 aromatic carbocycles. The number of ether oxygens (including phenoxy) is 1. The topological polar surface area (TPSA) is 45.0 Å². The summed E-state index contributed by atoms with van der Waals surface area (Å²) in [6.07, 6.45) is 1.44. The van der Waals surface area contributed by atoms with Crippen molar-refractivity contribution < 1.29 is 4.74 Å². The van der Waals surface area contributed by atoms with Crippen molar-refractivity contribution in [3.05, 3.63) is 34.9 Å². The minimum atomic E-state index is 0.343. The van der Waals surface area contributed by atoms with E-state index in [1.54, 1.807) is 0 Å². The van der Waals surface area contributed by atoms with Gasteiger partial charge < -0.3 is 10.1 Å². The highest BCUT2D eigenvalue weighted by molar-refractivity contribution is 5.37. The van der Waals surface area contributed by atoms with Gasteiger partial charge in [0.25, 0.3) is 0 Å². The van der Waals surface area contributed by atoms with Crippen LogP contribution in [-0.4, -0.2) is 19.2 Å². The summed E-state index contributed by atoms with van der Waals surface area (Å²) in [7, 11) is 0. The molecular formula is C13H16N2O. The van der Waals surface area contributed by atoms with Crippen molar-refractivity contribution >= 4 is 0 Å². The highest BCUT2D eigenvalue weighted by Crippen LogP contribution is 2.14. The molecule has 1 N–H and O–H groups in total. The summed E-state index contributed by atoms with van der Waals surface area (Å²) in [6.45, 7) is 4.67. The summed E-state index contributed by atoms with van der Waals surface area (Å²) in [5, 5.41) is 12.0. The summed E-state index contributed by atoms with van der Waals surface area (Å²) in [5.41, 5.74) is 3.01. The Morgan fingerprint density at radius 3 is 3.06 bits per heavy atom. The number of nitrogens with one attached hydrogen (secondary N) is 1. The smallest absolute Gasteiger partial charge is 0.0991 e. The maximum absolute atomic E-state index is 8.77. The quantitative estimate of drug-likeness (QED) is 0.837. The second-order valence-corrected chi connectivity index (χ2v) is 4.18. The van der Waals surface area contributed by atoms with Crippen LogP contribution in [-0.2, 0) is 11.3 Å². The largest absolute Gasteiger partial charge is 0.372 e. The molecule has 0 bridgehead atoms. The fourth-order valence-electron chi connectivity index (χ4n) is 1.91. The lowest BCUT2D eigenvalue weighted by atomic mass is 10.1. The molecule has 1 aliphatic rings. The Morgan fingerprint density at radius 1 is 1.56 bits per heavy atom. The molecule has 0 radical (unpaired) electrons. The minimum Gasteiger partial charge on any atom is -0.372 e. The van der Waals surface area contributed by atoms with Crippen LogP contribution in [0.2, 0.25) is 0 Å². The van der Waals surface area contributed by atoms with E-state index in [2.05, 4.69) is 11.4 Å². The number of hydrogen-bond donors (Lipinski definition) is 1. The van der Waals surface area contributed by atoms with Crippen LogP contribution in [0.25, 0.3) is 0 Å². The minimum absolute atomic E-state index is 0.343. The molecule has 1 aliphatic heterocycles. The molecule has 1 unspecified atom stereocenters. The fraction of sp³-hybridized carbons (Fsp3) is 0.462. The summed E-state index contributed by atoms with van der Waals surface area (Å²) in [4.78, 5) is 0. The third kappa shape index (κ3) is 2.60. The van der Waals surface area contributed by atoms with Crippen LogP contribution in [0.4, 0.5) is 0 Å². The number of benzene rings is 1. The van der Waals surface area contributed by atoms with E-state index in [1.807, 2.05) is 25.1 Å². The highest BCUT2D eigenvalue weighted by Gasteiger charge is 2.14. The van der Waals surface area contributed by atoms with Gasteiger partial charge in [0.1, 0.15) is 0 Å². The molecule has 3 heteroatoms. The van der Waals surface area contributed by atoms with Crippen LogP contribution in [0, 0.1) is 18.3 Å². The Labute approximate surface area is 96.0 Å². The lowest BCUT2D eigenvalue weighted by Gasteiger charge is -2.12. The van der Waals surface area contributed by atoms with E-state index >= 15 is 0 Å². The van der Waals surface area contributed by atoms with Crippen molar-refractivity contribution in [2.24, 2.45) is 0 Å². The predicted octanol–water partition coefficient (Wildman–Crippen LogP) is 1.75. The monoisotopic (exact) mass is 216 g/mol. The molecule has 84 valence electrons. The second kappa shape index (κ2) is 5.11. The van der Waals surface area contributed by atoms with Gasteiger partial charge >= 0.3 is 0 Å². The molecule has 1 aromatic rings.